The van der Waals surface area contributed by atoms with Gasteiger partial charge in [-0.1, -0.05) is 181 Å². The van der Waals surface area contributed by atoms with Crippen molar-refractivity contribution >= 4 is 14.1 Å². The maximum Gasteiger partial charge on any atom is 0.157 e. The number of aliphatic hydroxyl groups excluding tert-OH is 1. The lowest BCUT2D eigenvalue weighted by molar-refractivity contribution is -0.884. The summed E-state index contributed by atoms with van der Waals surface area (Å²) in [5.74, 6) is 0.0476. The lowest BCUT2D eigenvalue weighted by Gasteiger charge is -2.36. The van der Waals surface area contributed by atoms with Gasteiger partial charge in [0.25, 0.3) is 0 Å². The monoisotopic (exact) mass is 599 g/mol. The van der Waals surface area contributed by atoms with Crippen LogP contribution in [-0.2, 0) is 4.79 Å². The van der Waals surface area contributed by atoms with Gasteiger partial charge in [0, 0.05) is 15.0 Å². The summed E-state index contributed by atoms with van der Waals surface area (Å²) in [5, 5.41) is 11.0. The first-order chi connectivity index (χ1) is 19.8. The van der Waals surface area contributed by atoms with Crippen molar-refractivity contribution in [2.24, 2.45) is 0 Å². The molecule has 0 aromatic rings. The first-order valence-electron chi connectivity index (χ1n) is 18.6. The summed E-state index contributed by atoms with van der Waals surface area (Å²) in [5.41, 5.74) is 0.381. The molecule has 0 bridgehead atoms. The largest absolute Gasteiger partial charge is 0.387 e. The number of unbranched alkanes of at least 4 members (excludes halogenated alkanes) is 25. The highest BCUT2D eigenvalue weighted by Crippen LogP contribution is 2.32. The van der Waals surface area contributed by atoms with Gasteiger partial charge in [-0.05, 0) is 12.8 Å². The molecule has 0 rings (SSSR count). The van der Waals surface area contributed by atoms with Gasteiger partial charge in [-0.2, -0.15) is 0 Å². The minimum atomic E-state index is -0.360. The average molecular weight is 599 g/mol. The van der Waals surface area contributed by atoms with E-state index < -0.39 is 0 Å². The van der Waals surface area contributed by atoms with E-state index in [1.165, 1.54) is 161 Å². The molecular weight excluding hydrogens is 521 g/mol. The molecule has 4 heteroatoms. The van der Waals surface area contributed by atoms with Crippen molar-refractivity contribution in [3.8, 4) is 0 Å². The number of nitrogens with zero attached hydrogens (tertiary/aromatic N) is 1. The molecule has 0 heterocycles. The molecule has 0 aromatic carbocycles. The van der Waals surface area contributed by atoms with E-state index in [2.05, 4.69) is 35.0 Å². The predicted octanol–water partition coefficient (Wildman–Crippen LogP) is 11.9. The van der Waals surface area contributed by atoms with Crippen LogP contribution in [0.15, 0.2) is 0 Å². The predicted molar refractivity (Wildman–Crippen MR) is 186 cm³/mol. The first kappa shape index (κ1) is 41.0. The molecule has 0 radical (unpaired) electrons. The Morgan fingerprint density at radius 3 is 1.12 bits per heavy atom. The van der Waals surface area contributed by atoms with Crippen molar-refractivity contribution in [1.82, 2.24) is 0 Å². The van der Waals surface area contributed by atoms with Crippen LogP contribution in [0.3, 0.4) is 0 Å². The zero-order valence-electron chi connectivity index (χ0n) is 29.0. The number of hydrogen-bond acceptors (Lipinski definition) is 2. The fourth-order valence-corrected chi connectivity index (χ4v) is 7.45. The highest BCUT2D eigenvalue weighted by molar-refractivity contribution is 7.58. The third-order valence-corrected chi connectivity index (χ3v) is 10.9. The lowest BCUT2D eigenvalue weighted by atomic mass is 10.0. The molecule has 0 amide bonds. The van der Waals surface area contributed by atoms with Crippen molar-refractivity contribution in [2.75, 3.05) is 21.1 Å². The van der Waals surface area contributed by atoms with E-state index in [1.54, 1.807) is 0 Å². The number of likely N-dealkylation sites (N-methyl/N-ethyl adjacent to an activating group) is 1. The van der Waals surface area contributed by atoms with Gasteiger partial charge in [0.15, 0.2) is 5.52 Å². The Balaban J connectivity index is 3.80. The molecular formula is C37H77NO2P+. The smallest absolute Gasteiger partial charge is 0.157 e. The fourth-order valence-electron chi connectivity index (χ4n) is 6.05. The van der Waals surface area contributed by atoms with Gasteiger partial charge in [0.05, 0.1) is 21.1 Å². The summed E-state index contributed by atoms with van der Waals surface area (Å²) < 4.78 is 0.683. The second-order valence-electron chi connectivity index (χ2n) is 14.1. The molecule has 0 saturated carbocycles. The van der Waals surface area contributed by atoms with Gasteiger partial charge in [-0.3, -0.25) is 4.79 Å². The number of rotatable bonds is 33. The van der Waals surface area contributed by atoms with Crippen molar-refractivity contribution in [1.29, 1.82) is 0 Å². The van der Waals surface area contributed by atoms with Crippen molar-refractivity contribution in [3.63, 3.8) is 0 Å². The van der Waals surface area contributed by atoms with Crippen LogP contribution in [0.25, 0.3) is 0 Å². The van der Waals surface area contributed by atoms with Crippen molar-refractivity contribution in [2.45, 2.75) is 212 Å². The third-order valence-electron chi connectivity index (χ3n) is 8.87. The van der Waals surface area contributed by atoms with Crippen LogP contribution >= 0.6 is 8.58 Å². The quantitative estimate of drug-likeness (QED) is 0.0463. The lowest BCUT2D eigenvalue weighted by Crippen LogP contribution is -2.49. The molecule has 246 valence electrons. The molecule has 0 aliphatic carbocycles. The highest BCUT2D eigenvalue weighted by Gasteiger charge is 2.33. The van der Waals surface area contributed by atoms with Crippen LogP contribution in [-0.4, -0.2) is 48.1 Å². The number of quaternary nitrogens is 1. The van der Waals surface area contributed by atoms with Crippen LogP contribution in [0, 0.1) is 0 Å². The van der Waals surface area contributed by atoms with Gasteiger partial charge < -0.3 is 9.59 Å². The van der Waals surface area contributed by atoms with Crippen LogP contribution < -0.4 is 0 Å². The number of carbonyl (C=O) groups excluding carboxylic acids is 1. The molecule has 1 N–H and O–H groups in total. The summed E-state index contributed by atoms with van der Waals surface area (Å²) in [7, 11) is 6.66. The second kappa shape index (κ2) is 30.1. The van der Waals surface area contributed by atoms with E-state index in [0.29, 0.717) is 16.4 Å². The van der Waals surface area contributed by atoms with Gasteiger partial charge in [0.2, 0.25) is 0 Å². The molecule has 3 unspecified atom stereocenters. The minimum Gasteiger partial charge on any atom is -0.387 e. The first-order valence-corrected chi connectivity index (χ1v) is 19.7. The van der Waals surface area contributed by atoms with Gasteiger partial charge >= 0.3 is 0 Å². The Morgan fingerprint density at radius 1 is 0.512 bits per heavy atom. The van der Waals surface area contributed by atoms with Gasteiger partial charge in [-0.15, -0.1) is 0 Å². The van der Waals surface area contributed by atoms with E-state index >= 15 is 0 Å². The van der Waals surface area contributed by atoms with E-state index in [-0.39, 0.29) is 20.5 Å². The average Bonchev–Trinajstić information content (AvgIpc) is 2.93. The van der Waals surface area contributed by atoms with Crippen LogP contribution in [0.5, 0.6) is 0 Å². The molecule has 41 heavy (non-hydrogen) atoms. The minimum absolute atomic E-state index is 0.0476. The zero-order valence-corrected chi connectivity index (χ0v) is 30.0. The van der Waals surface area contributed by atoms with E-state index in [1.807, 2.05) is 0 Å². The third kappa shape index (κ3) is 28.5. The molecule has 3 nitrogen and oxygen atoms in total. The number of carbonyl (C=O) groups is 1. The van der Waals surface area contributed by atoms with E-state index in [4.69, 9.17) is 0 Å². The molecule has 3 atom stereocenters. The summed E-state index contributed by atoms with van der Waals surface area (Å²) in [6, 6.07) is 0. The van der Waals surface area contributed by atoms with Crippen LogP contribution in [0.2, 0.25) is 0 Å². The summed E-state index contributed by atoms with van der Waals surface area (Å²) >= 11 is 0. The second-order valence-corrected chi connectivity index (χ2v) is 15.5. The molecule has 0 aliphatic rings. The fraction of sp³-hybridized carbons (Fsp3) is 0.973. The van der Waals surface area contributed by atoms with Crippen molar-refractivity contribution in [3.05, 3.63) is 0 Å². The zero-order chi connectivity index (χ0) is 30.4. The maximum atomic E-state index is 12.8. The van der Waals surface area contributed by atoms with E-state index in [9.17, 15) is 9.90 Å². The molecule has 0 fully saturated rings. The molecule has 0 saturated heterocycles. The Hall–Kier alpha value is 0.0200. The normalized spacial score (nSPS) is 13.8. The highest BCUT2D eigenvalue weighted by atomic mass is 31.1. The van der Waals surface area contributed by atoms with E-state index in [0.717, 1.165) is 19.3 Å². The SMILES string of the molecule is CCCCCCCCCCCCCCCCC(O)C(PC(=O)CCCCCCCCCCCCCCC)[N+](C)(C)C. The standard InChI is InChI=1S/C37H77NO2P/c1-6-8-10-12-14-16-18-20-22-23-25-27-29-31-33-35(39)37(38(3,4)5)41-36(40)34-32-30-28-26-24-21-19-17-15-13-11-9-7-2/h35,37,39,41H,6-34H2,1-5H3/q+1. The van der Waals surface area contributed by atoms with Crippen LogP contribution in [0.4, 0.5) is 0 Å². The topological polar surface area (TPSA) is 37.3 Å². The summed E-state index contributed by atoms with van der Waals surface area (Å²) in [6.07, 6.45) is 37.6. The Kier molecular flexibility index (Phi) is 30.1. The van der Waals surface area contributed by atoms with Crippen LogP contribution in [0.1, 0.15) is 200 Å². The number of hydrogen-bond donors (Lipinski definition) is 1. The summed E-state index contributed by atoms with van der Waals surface area (Å²) in [6.45, 7) is 4.57. The molecule has 0 spiro atoms. The van der Waals surface area contributed by atoms with Crippen molar-refractivity contribution < 1.29 is 14.4 Å². The van der Waals surface area contributed by atoms with Gasteiger partial charge in [-0.25, -0.2) is 0 Å². The maximum absolute atomic E-state index is 12.8. The van der Waals surface area contributed by atoms with Gasteiger partial charge in [0.1, 0.15) is 11.9 Å². The Bertz CT molecular complexity index is 548. The molecule has 0 aliphatic heterocycles. The molecule has 0 aromatic heterocycles. The Morgan fingerprint density at radius 2 is 0.805 bits per heavy atom. The summed E-state index contributed by atoms with van der Waals surface area (Å²) in [4.78, 5) is 12.8. The number of aliphatic hydroxyl groups is 1. The Labute approximate surface area is 261 Å².